The van der Waals surface area contributed by atoms with Crippen LogP contribution in [0.3, 0.4) is 0 Å². The molecule has 0 saturated heterocycles. The molecule has 0 unspecified atom stereocenters. The fourth-order valence-electron chi connectivity index (χ4n) is 2.76. The third kappa shape index (κ3) is 7.07. The van der Waals surface area contributed by atoms with E-state index in [-0.39, 0.29) is 18.2 Å². The average Bonchev–Trinajstić information content (AvgIpc) is 2.74. The van der Waals surface area contributed by atoms with Crippen molar-refractivity contribution in [2.75, 3.05) is 11.9 Å². The van der Waals surface area contributed by atoms with E-state index < -0.39 is 0 Å². The molecule has 2 aromatic carbocycles. The Morgan fingerprint density at radius 3 is 2.48 bits per heavy atom. The van der Waals surface area contributed by atoms with Gasteiger partial charge in [-0.2, -0.15) is 0 Å². The van der Waals surface area contributed by atoms with Gasteiger partial charge in [-0.15, -0.1) is 0 Å². The van der Waals surface area contributed by atoms with Crippen LogP contribution in [-0.4, -0.2) is 23.3 Å². The number of pyridine rings is 1. The second-order valence-corrected chi connectivity index (χ2v) is 6.52. The number of nitrogens with zero attached hydrogens (tertiary/aromatic N) is 1. The predicted octanol–water partition coefficient (Wildman–Crippen LogP) is 3.94. The van der Waals surface area contributed by atoms with E-state index in [1.165, 1.54) is 0 Å². The summed E-state index contributed by atoms with van der Waals surface area (Å²) in [5.41, 5.74) is 3.50. The lowest BCUT2D eigenvalue weighted by atomic mass is 10.1. The van der Waals surface area contributed by atoms with Crippen LogP contribution in [0.15, 0.2) is 79.0 Å². The Morgan fingerprint density at radius 2 is 1.69 bits per heavy atom. The van der Waals surface area contributed by atoms with Crippen LogP contribution in [0, 0.1) is 0 Å². The van der Waals surface area contributed by atoms with Crippen molar-refractivity contribution in [3.8, 4) is 0 Å². The standard InChI is InChI=1S/C24H23N3O2/c28-23(14-16-26-24(29)18-19-7-2-1-3-8-19)27-22-11-6-9-20(17-22)12-13-21-10-4-5-15-25-21/h1-13,15,17H,14,16,18H2,(H,26,29)(H,27,28)/b13-12+. The minimum Gasteiger partial charge on any atom is -0.355 e. The molecule has 0 radical (unpaired) electrons. The summed E-state index contributed by atoms with van der Waals surface area (Å²) in [6.07, 6.45) is 6.14. The molecule has 2 amide bonds. The Morgan fingerprint density at radius 1 is 0.862 bits per heavy atom. The highest BCUT2D eigenvalue weighted by molar-refractivity contribution is 5.91. The normalized spacial score (nSPS) is 10.6. The number of carbonyl (C=O) groups is 2. The summed E-state index contributed by atoms with van der Waals surface area (Å²) in [5, 5.41) is 5.64. The van der Waals surface area contributed by atoms with E-state index in [0.717, 1.165) is 16.8 Å². The van der Waals surface area contributed by atoms with Crippen molar-refractivity contribution in [1.29, 1.82) is 0 Å². The van der Waals surface area contributed by atoms with Crippen molar-refractivity contribution >= 4 is 29.7 Å². The monoisotopic (exact) mass is 385 g/mol. The van der Waals surface area contributed by atoms with Gasteiger partial charge in [-0.05, 0) is 41.5 Å². The largest absolute Gasteiger partial charge is 0.355 e. The van der Waals surface area contributed by atoms with Gasteiger partial charge in [0.25, 0.3) is 0 Å². The maximum Gasteiger partial charge on any atom is 0.226 e. The molecule has 1 heterocycles. The lowest BCUT2D eigenvalue weighted by Crippen LogP contribution is -2.28. The summed E-state index contributed by atoms with van der Waals surface area (Å²) in [4.78, 5) is 28.3. The molecular formula is C24H23N3O2. The first-order chi connectivity index (χ1) is 14.2. The Labute approximate surface area is 170 Å². The van der Waals surface area contributed by atoms with Gasteiger partial charge in [0.15, 0.2) is 0 Å². The first-order valence-electron chi connectivity index (χ1n) is 9.49. The fourth-order valence-corrected chi connectivity index (χ4v) is 2.76. The van der Waals surface area contributed by atoms with Gasteiger partial charge in [0.2, 0.25) is 11.8 Å². The van der Waals surface area contributed by atoms with Gasteiger partial charge in [-0.25, -0.2) is 0 Å². The molecule has 0 aliphatic heterocycles. The Hall–Kier alpha value is -3.73. The van der Waals surface area contributed by atoms with Crippen molar-refractivity contribution in [1.82, 2.24) is 10.3 Å². The molecule has 5 heteroatoms. The highest BCUT2D eigenvalue weighted by Crippen LogP contribution is 2.13. The number of hydrogen-bond acceptors (Lipinski definition) is 3. The molecule has 0 aliphatic rings. The fraction of sp³-hybridized carbons (Fsp3) is 0.125. The van der Waals surface area contributed by atoms with Crippen LogP contribution in [0.25, 0.3) is 12.2 Å². The third-order valence-electron chi connectivity index (χ3n) is 4.19. The third-order valence-corrected chi connectivity index (χ3v) is 4.19. The van der Waals surface area contributed by atoms with Gasteiger partial charge in [-0.3, -0.25) is 14.6 Å². The molecular weight excluding hydrogens is 362 g/mol. The quantitative estimate of drug-likeness (QED) is 0.617. The number of nitrogens with one attached hydrogen (secondary N) is 2. The second kappa shape index (κ2) is 10.6. The molecule has 3 rings (SSSR count). The van der Waals surface area contributed by atoms with Crippen LogP contribution in [0.2, 0.25) is 0 Å². The van der Waals surface area contributed by atoms with Crippen molar-refractivity contribution in [2.24, 2.45) is 0 Å². The molecule has 29 heavy (non-hydrogen) atoms. The molecule has 0 saturated carbocycles. The summed E-state index contributed by atoms with van der Waals surface area (Å²) in [7, 11) is 0. The second-order valence-electron chi connectivity index (χ2n) is 6.52. The number of carbonyl (C=O) groups excluding carboxylic acids is 2. The molecule has 0 spiro atoms. The molecule has 3 aromatic rings. The van der Waals surface area contributed by atoms with Gasteiger partial charge in [-0.1, -0.05) is 54.6 Å². The van der Waals surface area contributed by atoms with Gasteiger partial charge < -0.3 is 10.6 Å². The SMILES string of the molecule is O=C(Cc1ccccc1)NCCC(=O)Nc1cccc(/C=C/c2ccccn2)c1. The van der Waals surface area contributed by atoms with E-state index >= 15 is 0 Å². The highest BCUT2D eigenvalue weighted by atomic mass is 16.2. The number of anilines is 1. The molecule has 0 fully saturated rings. The van der Waals surface area contributed by atoms with Gasteiger partial charge in [0.05, 0.1) is 12.1 Å². The summed E-state index contributed by atoms with van der Waals surface area (Å²) >= 11 is 0. The van der Waals surface area contributed by atoms with Gasteiger partial charge in [0.1, 0.15) is 0 Å². The minimum absolute atomic E-state index is 0.0920. The van der Waals surface area contributed by atoms with E-state index in [1.54, 1.807) is 6.20 Å². The molecule has 0 aliphatic carbocycles. The highest BCUT2D eigenvalue weighted by Gasteiger charge is 2.06. The molecule has 1 aromatic heterocycles. The molecule has 0 atom stereocenters. The molecule has 0 bridgehead atoms. The van der Waals surface area contributed by atoms with E-state index in [0.29, 0.717) is 18.7 Å². The predicted molar refractivity (Wildman–Crippen MR) is 116 cm³/mol. The Bertz CT molecular complexity index is 970. The smallest absolute Gasteiger partial charge is 0.226 e. The summed E-state index contributed by atoms with van der Waals surface area (Å²) in [5.74, 6) is -0.235. The molecule has 2 N–H and O–H groups in total. The summed E-state index contributed by atoms with van der Waals surface area (Å²) < 4.78 is 0. The summed E-state index contributed by atoms with van der Waals surface area (Å²) in [6.45, 7) is 0.302. The van der Waals surface area contributed by atoms with Crippen molar-refractivity contribution in [2.45, 2.75) is 12.8 Å². The number of hydrogen-bond donors (Lipinski definition) is 2. The zero-order valence-corrected chi connectivity index (χ0v) is 16.0. The maximum atomic E-state index is 12.2. The van der Waals surface area contributed by atoms with Crippen LogP contribution in [0.4, 0.5) is 5.69 Å². The lowest BCUT2D eigenvalue weighted by molar-refractivity contribution is -0.120. The zero-order chi connectivity index (χ0) is 20.3. The molecule has 5 nitrogen and oxygen atoms in total. The van der Waals surface area contributed by atoms with Crippen molar-refractivity contribution in [3.05, 3.63) is 95.8 Å². The van der Waals surface area contributed by atoms with Crippen LogP contribution in [0.5, 0.6) is 0 Å². The van der Waals surface area contributed by atoms with E-state index in [1.807, 2.05) is 84.9 Å². The average molecular weight is 385 g/mol. The van der Waals surface area contributed by atoms with E-state index in [9.17, 15) is 9.59 Å². The van der Waals surface area contributed by atoms with Crippen molar-refractivity contribution in [3.63, 3.8) is 0 Å². The number of amides is 2. The maximum absolute atomic E-state index is 12.2. The lowest BCUT2D eigenvalue weighted by Gasteiger charge is -2.07. The topological polar surface area (TPSA) is 71.1 Å². The van der Waals surface area contributed by atoms with Crippen LogP contribution < -0.4 is 10.6 Å². The first-order valence-corrected chi connectivity index (χ1v) is 9.49. The minimum atomic E-state index is -0.143. The zero-order valence-electron chi connectivity index (χ0n) is 16.0. The first kappa shape index (κ1) is 20.0. The van der Waals surface area contributed by atoms with Crippen LogP contribution >= 0.6 is 0 Å². The van der Waals surface area contributed by atoms with Gasteiger partial charge in [0, 0.05) is 24.8 Å². The number of benzene rings is 2. The van der Waals surface area contributed by atoms with Crippen LogP contribution in [-0.2, 0) is 16.0 Å². The van der Waals surface area contributed by atoms with Crippen LogP contribution in [0.1, 0.15) is 23.2 Å². The number of aromatic nitrogens is 1. The Kier molecular flexibility index (Phi) is 7.29. The van der Waals surface area contributed by atoms with E-state index in [2.05, 4.69) is 15.6 Å². The summed E-state index contributed by atoms with van der Waals surface area (Å²) in [6, 6.07) is 22.8. The van der Waals surface area contributed by atoms with Gasteiger partial charge >= 0.3 is 0 Å². The van der Waals surface area contributed by atoms with E-state index in [4.69, 9.17) is 0 Å². The number of rotatable bonds is 8. The van der Waals surface area contributed by atoms with Crippen molar-refractivity contribution < 1.29 is 9.59 Å². The molecule has 146 valence electrons. The Balaban J connectivity index is 1.44.